The molecule has 2 fully saturated rings. The Morgan fingerprint density at radius 3 is 2.20 bits per heavy atom. The highest BCUT2D eigenvalue weighted by molar-refractivity contribution is 5.84. The van der Waals surface area contributed by atoms with Gasteiger partial charge >= 0.3 is 5.97 Å². The first kappa shape index (κ1) is 15.3. The predicted molar refractivity (Wildman–Crippen MR) is 76.3 cm³/mol. The third kappa shape index (κ3) is 2.43. The summed E-state index contributed by atoms with van der Waals surface area (Å²) in [7, 11) is 0. The molecule has 1 atom stereocenters. The van der Waals surface area contributed by atoms with Crippen molar-refractivity contribution >= 4 is 11.9 Å². The number of carboxylic acids is 1. The quantitative estimate of drug-likeness (QED) is 0.819. The summed E-state index contributed by atoms with van der Waals surface area (Å²) in [5.74, 6) is -0.228. The van der Waals surface area contributed by atoms with Crippen molar-refractivity contribution in [1.29, 1.82) is 0 Å². The van der Waals surface area contributed by atoms with Crippen LogP contribution >= 0.6 is 0 Å². The maximum absolute atomic E-state index is 12.9. The van der Waals surface area contributed by atoms with Crippen LogP contribution in [0.5, 0.6) is 0 Å². The standard InChI is InChI=1S/C15H26N2O3/c1-11(2)15(4-7-16-10-15)12(18)17-8-5-14(3,6-9-17)13(19)20/h11,16H,4-10H2,1-3H3,(H,19,20). The van der Waals surface area contributed by atoms with Gasteiger partial charge in [-0.05, 0) is 38.6 Å². The molecule has 1 unspecified atom stereocenters. The van der Waals surface area contributed by atoms with E-state index in [-0.39, 0.29) is 11.3 Å². The van der Waals surface area contributed by atoms with Crippen LogP contribution in [0.2, 0.25) is 0 Å². The van der Waals surface area contributed by atoms with E-state index >= 15 is 0 Å². The molecule has 0 bridgehead atoms. The van der Waals surface area contributed by atoms with Crippen molar-refractivity contribution in [3.63, 3.8) is 0 Å². The van der Waals surface area contributed by atoms with E-state index in [0.717, 1.165) is 19.5 Å². The minimum Gasteiger partial charge on any atom is -0.481 e. The Bertz CT molecular complexity index is 392. The lowest BCUT2D eigenvalue weighted by atomic mass is 9.74. The highest BCUT2D eigenvalue weighted by Crippen LogP contribution is 2.39. The van der Waals surface area contributed by atoms with Gasteiger partial charge in [0.25, 0.3) is 0 Å². The van der Waals surface area contributed by atoms with Gasteiger partial charge in [0.2, 0.25) is 5.91 Å². The van der Waals surface area contributed by atoms with Gasteiger partial charge in [0.05, 0.1) is 10.8 Å². The van der Waals surface area contributed by atoms with E-state index < -0.39 is 11.4 Å². The first-order valence-corrected chi connectivity index (χ1v) is 7.55. The number of carbonyl (C=O) groups excluding carboxylic acids is 1. The first-order chi connectivity index (χ1) is 9.32. The van der Waals surface area contributed by atoms with Crippen LogP contribution in [0, 0.1) is 16.7 Å². The van der Waals surface area contributed by atoms with E-state index in [9.17, 15) is 14.7 Å². The van der Waals surface area contributed by atoms with Crippen LogP contribution in [0.4, 0.5) is 0 Å². The smallest absolute Gasteiger partial charge is 0.309 e. The number of carboxylic acid groups (broad SMARTS) is 1. The summed E-state index contributed by atoms with van der Waals surface area (Å²) in [6.45, 7) is 8.77. The Morgan fingerprint density at radius 2 is 1.80 bits per heavy atom. The molecule has 0 saturated carbocycles. The lowest BCUT2D eigenvalue weighted by Gasteiger charge is -2.42. The zero-order chi connectivity index (χ0) is 15.0. The Labute approximate surface area is 120 Å². The maximum atomic E-state index is 12.9. The number of amides is 1. The lowest BCUT2D eigenvalue weighted by Crippen LogP contribution is -2.52. The topological polar surface area (TPSA) is 69.6 Å². The minimum absolute atomic E-state index is 0.213. The largest absolute Gasteiger partial charge is 0.481 e. The van der Waals surface area contributed by atoms with Crippen molar-refractivity contribution < 1.29 is 14.7 Å². The number of hydrogen-bond donors (Lipinski definition) is 2. The first-order valence-electron chi connectivity index (χ1n) is 7.55. The number of likely N-dealkylation sites (tertiary alicyclic amines) is 1. The second-order valence-electron chi connectivity index (χ2n) is 6.90. The second kappa shape index (κ2) is 5.35. The fraction of sp³-hybridized carbons (Fsp3) is 0.867. The van der Waals surface area contributed by atoms with Gasteiger partial charge in [0.15, 0.2) is 0 Å². The van der Waals surface area contributed by atoms with Crippen molar-refractivity contribution in [1.82, 2.24) is 10.2 Å². The zero-order valence-corrected chi connectivity index (χ0v) is 12.7. The van der Waals surface area contributed by atoms with Crippen LogP contribution in [-0.4, -0.2) is 48.1 Å². The molecule has 0 aromatic heterocycles. The predicted octanol–water partition coefficient (Wildman–Crippen LogP) is 1.34. The second-order valence-corrected chi connectivity index (χ2v) is 6.90. The maximum Gasteiger partial charge on any atom is 0.309 e. The molecule has 2 heterocycles. The molecule has 2 N–H and O–H groups in total. The number of nitrogens with one attached hydrogen (secondary N) is 1. The molecule has 0 spiro atoms. The summed E-state index contributed by atoms with van der Waals surface area (Å²) in [6, 6.07) is 0. The molecule has 0 aromatic carbocycles. The molecule has 2 aliphatic heterocycles. The van der Waals surface area contributed by atoms with E-state index in [1.165, 1.54) is 0 Å². The Morgan fingerprint density at radius 1 is 1.20 bits per heavy atom. The summed E-state index contributed by atoms with van der Waals surface area (Å²) in [6.07, 6.45) is 1.99. The minimum atomic E-state index is -0.745. The molecular formula is C15H26N2O3. The van der Waals surface area contributed by atoms with Gasteiger partial charge in [0, 0.05) is 19.6 Å². The van der Waals surface area contributed by atoms with Crippen LogP contribution in [-0.2, 0) is 9.59 Å². The molecular weight excluding hydrogens is 256 g/mol. The van der Waals surface area contributed by atoms with Gasteiger partial charge in [-0.25, -0.2) is 0 Å². The van der Waals surface area contributed by atoms with E-state index in [0.29, 0.717) is 31.8 Å². The third-order valence-corrected chi connectivity index (χ3v) is 5.39. The number of rotatable bonds is 3. The van der Waals surface area contributed by atoms with Crippen molar-refractivity contribution in [2.75, 3.05) is 26.2 Å². The normalized spacial score (nSPS) is 29.7. The van der Waals surface area contributed by atoms with Crippen molar-refractivity contribution in [2.24, 2.45) is 16.7 Å². The molecule has 5 heteroatoms. The van der Waals surface area contributed by atoms with Gasteiger partial charge in [-0.2, -0.15) is 0 Å². The van der Waals surface area contributed by atoms with Gasteiger partial charge in [0.1, 0.15) is 0 Å². The molecule has 5 nitrogen and oxygen atoms in total. The van der Waals surface area contributed by atoms with E-state index in [4.69, 9.17) is 0 Å². The number of piperidine rings is 1. The van der Waals surface area contributed by atoms with Crippen LogP contribution < -0.4 is 5.32 Å². The Kier molecular flexibility index (Phi) is 4.09. The van der Waals surface area contributed by atoms with Crippen molar-refractivity contribution in [2.45, 2.75) is 40.0 Å². The number of nitrogens with zero attached hydrogens (tertiary/aromatic N) is 1. The van der Waals surface area contributed by atoms with Gasteiger partial charge in [-0.15, -0.1) is 0 Å². The molecule has 2 aliphatic rings. The van der Waals surface area contributed by atoms with Crippen LogP contribution in [0.1, 0.15) is 40.0 Å². The molecule has 2 rings (SSSR count). The number of carbonyl (C=O) groups is 2. The molecule has 0 radical (unpaired) electrons. The van der Waals surface area contributed by atoms with Crippen LogP contribution in [0.15, 0.2) is 0 Å². The van der Waals surface area contributed by atoms with Crippen molar-refractivity contribution in [3.05, 3.63) is 0 Å². The highest BCUT2D eigenvalue weighted by atomic mass is 16.4. The Hall–Kier alpha value is -1.10. The monoisotopic (exact) mass is 282 g/mol. The van der Waals surface area contributed by atoms with Gasteiger partial charge in [-0.3, -0.25) is 9.59 Å². The summed E-state index contributed by atoms with van der Waals surface area (Å²) < 4.78 is 0. The summed E-state index contributed by atoms with van der Waals surface area (Å²) in [5.41, 5.74) is -0.966. The molecule has 20 heavy (non-hydrogen) atoms. The van der Waals surface area contributed by atoms with Gasteiger partial charge in [-0.1, -0.05) is 13.8 Å². The molecule has 0 aliphatic carbocycles. The highest BCUT2D eigenvalue weighted by Gasteiger charge is 2.48. The van der Waals surface area contributed by atoms with Crippen LogP contribution in [0.25, 0.3) is 0 Å². The molecule has 2 saturated heterocycles. The van der Waals surface area contributed by atoms with E-state index in [1.54, 1.807) is 6.92 Å². The average Bonchev–Trinajstić information content (AvgIpc) is 2.89. The van der Waals surface area contributed by atoms with Crippen molar-refractivity contribution in [3.8, 4) is 0 Å². The zero-order valence-electron chi connectivity index (χ0n) is 12.7. The number of aliphatic carboxylic acids is 1. The van der Waals surface area contributed by atoms with Gasteiger partial charge < -0.3 is 15.3 Å². The summed E-state index contributed by atoms with van der Waals surface area (Å²) >= 11 is 0. The fourth-order valence-corrected chi connectivity index (χ4v) is 3.37. The Balaban J connectivity index is 2.06. The third-order valence-electron chi connectivity index (χ3n) is 5.39. The summed E-state index contributed by atoms with van der Waals surface area (Å²) in [4.78, 5) is 26.0. The average molecular weight is 282 g/mol. The molecule has 114 valence electrons. The van der Waals surface area contributed by atoms with E-state index in [2.05, 4.69) is 19.2 Å². The fourth-order valence-electron chi connectivity index (χ4n) is 3.37. The van der Waals surface area contributed by atoms with E-state index in [1.807, 2.05) is 4.90 Å². The molecule has 0 aromatic rings. The summed E-state index contributed by atoms with van der Waals surface area (Å²) in [5, 5.41) is 12.6. The lowest BCUT2D eigenvalue weighted by molar-refractivity contribution is -0.156. The molecule has 1 amide bonds. The number of hydrogen-bond acceptors (Lipinski definition) is 3. The van der Waals surface area contributed by atoms with Crippen LogP contribution in [0.3, 0.4) is 0 Å². The SMILES string of the molecule is CC(C)C1(C(=O)N2CCC(C)(C(=O)O)CC2)CCNC1.